The molecule has 43 heavy (non-hydrogen) atoms. The highest BCUT2D eigenvalue weighted by Gasteiger charge is 2.55. The summed E-state index contributed by atoms with van der Waals surface area (Å²) in [6.45, 7) is 9.41. The van der Waals surface area contributed by atoms with Gasteiger partial charge < -0.3 is 69.0 Å². The van der Waals surface area contributed by atoms with Gasteiger partial charge in [-0.1, -0.05) is 20.8 Å². The number of carbonyl (C=O) groups is 5. The lowest BCUT2D eigenvalue weighted by atomic mass is 9.71. The van der Waals surface area contributed by atoms with Gasteiger partial charge in [0.05, 0.1) is 23.7 Å². The predicted octanol–water partition coefficient (Wildman–Crippen LogP) is -2.24. The maximum absolute atomic E-state index is 12.1. The van der Waals surface area contributed by atoms with Gasteiger partial charge in [0, 0.05) is 5.92 Å². The zero-order valence-corrected chi connectivity index (χ0v) is 24.4. The van der Waals surface area contributed by atoms with E-state index in [1.165, 1.54) is 0 Å². The molecule has 13 atom stereocenters. The lowest BCUT2D eigenvalue weighted by molar-refractivity contribution is -0.319. The largest absolute Gasteiger partial charge is 0.479 e. The van der Waals surface area contributed by atoms with Crippen LogP contribution < -0.4 is 0 Å². The lowest BCUT2D eigenvalue weighted by Crippen LogP contribution is -2.63. The van der Waals surface area contributed by atoms with E-state index in [0.717, 1.165) is 0 Å². The molecule has 2 fully saturated rings. The van der Waals surface area contributed by atoms with Crippen LogP contribution in [0.25, 0.3) is 0 Å². The quantitative estimate of drug-likeness (QED) is 0.113. The van der Waals surface area contributed by atoms with Crippen molar-refractivity contribution in [3.05, 3.63) is 0 Å². The molecular weight excluding hydrogens is 584 g/mol. The highest BCUT2D eigenvalue weighted by Crippen LogP contribution is 2.40. The molecule has 0 bridgehead atoms. The van der Waals surface area contributed by atoms with Gasteiger partial charge in [0.15, 0.2) is 43.3 Å². The van der Waals surface area contributed by atoms with E-state index in [0.29, 0.717) is 0 Å². The lowest BCUT2D eigenvalue weighted by Gasteiger charge is -2.47. The average Bonchev–Trinajstić information content (AvgIpc) is 2.87. The van der Waals surface area contributed by atoms with Crippen LogP contribution >= 0.6 is 0 Å². The Morgan fingerprint density at radius 1 is 0.744 bits per heavy atom. The summed E-state index contributed by atoms with van der Waals surface area (Å²) in [7, 11) is 0. The van der Waals surface area contributed by atoms with E-state index in [9.17, 15) is 59.7 Å². The predicted molar refractivity (Wildman–Crippen MR) is 137 cm³/mol. The van der Waals surface area contributed by atoms with Crippen molar-refractivity contribution < 1.29 is 83.4 Å². The molecule has 2 heterocycles. The summed E-state index contributed by atoms with van der Waals surface area (Å²) >= 11 is 0. The molecule has 7 N–H and O–H groups in total. The molecule has 0 radical (unpaired) electrons. The number of aliphatic carboxylic acids is 3. The number of carboxylic acids is 3. The number of ether oxygens (including phenoxy) is 5. The van der Waals surface area contributed by atoms with Gasteiger partial charge in [-0.3, -0.25) is 0 Å². The molecule has 0 aromatic heterocycles. The smallest absolute Gasteiger partial charge is 0.336 e. The summed E-state index contributed by atoms with van der Waals surface area (Å²) < 4.78 is 26.6. The molecule has 246 valence electrons. The standard InChI is InChI=1S/C26H40O17/c1-25(2,3)12-14(30)16(32)23(42-19(12)22(37)38)40-10(8-28)17(20(33)34)39-9(7-27)11-13(29)15(31)24(43-26(4,5)6)41-18(11)21(35)36/h7-19,23-24,29-32H,1-6H3,(H,33,34)(H,35,36)(H,37,38)/t9?,10?,11-,12-,13+,14+,15?,16?,17?,18?,19?,23+,24-/m0/s1. The number of aliphatic hydroxyl groups excluding tert-OH is 4. The van der Waals surface area contributed by atoms with Gasteiger partial charge in [0.25, 0.3) is 0 Å². The third-order valence-corrected chi connectivity index (χ3v) is 7.00. The van der Waals surface area contributed by atoms with Gasteiger partial charge in [-0.25, -0.2) is 14.4 Å². The van der Waals surface area contributed by atoms with Crippen molar-refractivity contribution in [2.75, 3.05) is 0 Å². The highest BCUT2D eigenvalue weighted by atomic mass is 16.7. The molecule has 2 rings (SSSR count). The zero-order chi connectivity index (χ0) is 33.2. The number of rotatable bonds is 12. The minimum Gasteiger partial charge on any atom is -0.479 e. The molecule has 0 aromatic rings. The first kappa shape index (κ1) is 36.6. The number of aldehydes is 2. The van der Waals surface area contributed by atoms with Crippen LogP contribution in [0.2, 0.25) is 0 Å². The van der Waals surface area contributed by atoms with Gasteiger partial charge in [0.1, 0.15) is 24.6 Å². The first-order chi connectivity index (χ1) is 19.7. The van der Waals surface area contributed by atoms with E-state index in [1.54, 1.807) is 41.5 Å². The number of hydrogen-bond donors (Lipinski definition) is 7. The van der Waals surface area contributed by atoms with Crippen molar-refractivity contribution >= 4 is 30.5 Å². The normalized spacial score (nSPS) is 35.8. The van der Waals surface area contributed by atoms with Crippen LogP contribution in [0.3, 0.4) is 0 Å². The first-order valence-electron chi connectivity index (χ1n) is 13.3. The van der Waals surface area contributed by atoms with Crippen LogP contribution in [0, 0.1) is 17.3 Å². The van der Waals surface area contributed by atoms with Crippen LogP contribution in [-0.4, -0.2) is 139 Å². The van der Waals surface area contributed by atoms with Gasteiger partial charge in [-0.15, -0.1) is 0 Å². The molecule has 17 nitrogen and oxygen atoms in total. The average molecular weight is 625 g/mol. The van der Waals surface area contributed by atoms with Crippen molar-refractivity contribution in [1.29, 1.82) is 0 Å². The van der Waals surface area contributed by atoms with Crippen molar-refractivity contribution in [2.24, 2.45) is 17.3 Å². The fraction of sp³-hybridized carbons (Fsp3) is 0.808. The van der Waals surface area contributed by atoms with Crippen molar-refractivity contribution in [3.8, 4) is 0 Å². The Hall–Kier alpha value is -2.61. The second-order valence-electron chi connectivity index (χ2n) is 12.4. The van der Waals surface area contributed by atoms with E-state index in [1.807, 2.05) is 0 Å². The van der Waals surface area contributed by atoms with E-state index >= 15 is 0 Å². The highest BCUT2D eigenvalue weighted by molar-refractivity contribution is 5.79. The summed E-state index contributed by atoms with van der Waals surface area (Å²) in [4.78, 5) is 60.1. The Morgan fingerprint density at radius 2 is 1.26 bits per heavy atom. The number of carbonyl (C=O) groups excluding carboxylic acids is 2. The molecular formula is C26H40O17. The molecule has 2 aliphatic heterocycles. The minimum absolute atomic E-state index is 0.0766. The third-order valence-electron chi connectivity index (χ3n) is 7.00. The number of hydrogen-bond acceptors (Lipinski definition) is 14. The Labute approximate surface area is 246 Å². The fourth-order valence-corrected chi connectivity index (χ4v) is 5.06. The molecule has 0 aromatic carbocycles. The van der Waals surface area contributed by atoms with E-state index in [2.05, 4.69) is 0 Å². The van der Waals surface area contributed by atoms with Crippen molar-refractivity contribution in [1.82, 2.24) is 0 Å². The van der Waals surface area contributed by atoms with E-state index in [4.69, 9.17) is 23.7 Å². The topological polar surface area (TPSA) is 273 Å². The molecule has 17 heteroatoms. The molecule has 0 aliphatic carbocycles. The summed E-state index contributed by atoms with van der Waals surface area (Å²) in [6.07, 6.45) is -22.4. The summed E-state index contributed by atoms with van der Waals surface area (Å²) in [5, 5.41) is 71.8. The molecule has 0 saturated carbocycles. The fourth-order valence-electron chi connectivity index (χ4n) is 5.06. The first-order valence-corrected chi connectivity index (χ1v) is 13.3. The molecule has 7 unspecified atom stereocenters. The van der Waals surface area contributed by atoms with Crippen molar-refractivity contribution in [2.45, 2.75) is 115 Å². The van der Waals surface area contributed by atoms with Gasteiger partial charge in [0.2, 0.25) is 0 Å². The minimum atomic E-state index is -2.44. The molecule has 2 saturated heterocycles. The molecule has 0 spiro atoms. The number of carboxylic acid groups (broad SMARTS) is 3. The van der Waals surface area contributed by atoms with Crippen molar-refractivity contribution in [3.63, 3.8) is 0 Å². The van der Waals surface area contributed by atoms with E-state index < -0.39 is 108 Å². The third kappa shape index (κ3) is 8.52. The second kappa shape index (κ2) is 14.0. The number of aliphatic hydroxyl groups is 4. The van der Waals surface area contributed by atoms with Gasteiger partial charge >= 0.3 is 17.9 Å². The maximum atomic E-state index is 12.1. The second-order valence-corrected chi connectivity index (χ2v) is 12.4. The Morgan fingerprint density at radius 3 is 1.67 bits per heavy atom. The monoisotopic (exact) mass is 624 g/mol. The van der Waals surface area contributed by atoms with Crippen LogP contribution in [0.5, 0.6) is 0 Å². The van der Waals surface area contributed by atoms with Crippen LogP contribution in [0.15, 0.2) is 0 Å². The van der Waals surface area contributed by atoms with Crippen LogP contribution in [0.4, 0.5) is 0 Å². The van der Waals surface area contributed by atoms with Gasteiger partial charge in [-0.05, 0) is 26.2 Å². The van der Waals surface area contributed by atoms with Crippen LogP contribution in [0.1, 0.15) is 41.5 Å². The maximum Gasteiger partial charge on any atom is 0.336 e. The Balaban J connectivity index is 2.36. The molecule has 2 aliphatic rings. The SMILES string of the molecule is CC(C)(C)O[C@@H]1OC(C(=O)O)[C@@H](C(C=O)OC(C(=O)O)C(C=O)O[C@@H]2OC(C(=O)O)[C@@H](C(C)(C)C)[C@@H](O)C2O)[C@@H](O)C1O. The zero-order valence-electron chi connectivity index (χ0n) is 24.4. The van der Waals surface area contributed by atoms with Crippen LogP contribution in [-0.2, 0) is 47.7 Å². The van der Waals surface area contributed by atoms with E-state index in [-0.39, 0.29) is 12.6 Å². The Bertz CT molecular complexity index is 1020. The Kier molecular flexibility index (Phi) is 11.9. The summed E-state index contributed by atoms with van der Waals surface area (Å²) in [6, 6.07) is 0. The summed E-state index contributed by atoms with van der Waals surface area (Å²) in [5.41, 5.74) is -1.88. The van der Waals surface area contributed by atoms with Gasteiger partial charge in [-0.2, -0.15) is 0 Å². The molecule has 0 amide bonds. The summed E-state index contributed by atoms with van der Waals surface area (Å²) in [5.74, 6) is -8.32.